The number of halogens is 3. The molecule has 0 fully saturated rings. The Balaban J connectivity index is 1.77. The number of benzene rings is 3. The van der Waals surface area contributed by atoms with Gasteiger partial charge in [-0.05, 0) is 60.7 Å². The number of methoxy groups -OCH3 is 1. The molecule has 0 radical (unpaired) electrons. The molecule has 3 rings (SSSR count). The van der Waals surface area contributed by atoms with Crippen LogP contribution in [0.5, 0.6) is 11.5 Å². The molecule has 6 nitrogen and oxygen atoms in total. The van der Waals surface area contributed by atoms with Crippen molar-refractivity contribution < 1.29 is 19.1 Å². The molecule has 3 aromatic carbocycles. The van der Waals surface area contributed by atoms with Crippen molar-refractivity contribution in [1.29, 1.82) is 0 Å². The van der Waals surface area contributed by atoms with Crippen LogP contribution in [0.25, 0.3) is 0 Å². The van der Waals surface area contributed by atoms with E-state index < -0.39 is 11.9 Å². The van der Waals surface area contributed by atoms with Crippen LogP contribution in [-0.4, -0.2) is 25.2 Å². The monoisotopic (exact) mass is 564 g/mol. The summed E-state index contributed by atoms with van der Waals surface area (Å²) in [6.07, 6.45) is 1.39. The molecule has 9 heteroatoms. The Hall–Kier alpha value is -2.68. The Morgan fingerprint density at radius 3 is 2.29 bits per heavy atom. The van der Waals surface area contributed by atoms with Crippen LogP contribution in [0.2, 0.25) is 5.02 Å². The summed E-state index contributed by atoms with van der Waals surface area (Å²) in [5.74, 6) is -0.308. The fourth-order valence-corrected chi connectivity index (χ4v) is 3.40. The fourth-order valence-electron chi connectivity index (χ4n) is 2.54. The van der Waals surface area contributed by atoms with Crippen molar-refractivity contribution in [3.63, 3.8) is 0 Å². The lowest BCUT2D eigenvalue weighted by Gasteiger charge is -2.09. The van der Waals surface area contributed by atoms with Gasteiger partial charge in [-0.3, -0.25) is 4.79 Å². The summed E-state index contributed by atoms with van der Waals surface area (Å²) in [5.41, 5.74) is 3.60. The number of nitrogens with zero attached hydrogens (tertiary/aromatic N) is 1. The molecule has 0 aliphatic rings. The van der Waals surface area contributed by atoms with E-state index in [1.54, 1.807) is 60.7 Å². The summed E-state index contributed by atoms with van der Waals surface area (Å²) in [4.78, 5) is 24.9. The van der Waals surface area contributed by atoms with Crippen molar-refractivity contribution in [2.45, 2.75) is 0 Å². The highest BCUT2D eigenvalue weighted by Gasteiger charge is 2.14. The first-order chi connectivity index (χ1) is 14.9. The second-order valence-corrected chi connectivity index (χ2v) is 8.39. The number of rotatable bonds is 6. The van der Waals surface area contributed by atoms with Gasteiger partial charge in [0.25, 0.3) is 5.91 Å². The molecule has 0 spiro atoms. The summed E-state index contributed by atoms with van der Waals surface area (Å²) in [7, 11) is 1.48. The maximum absolute atomic E-state index is 12.5. The average molecular weight is 567 g/mol. The zero-order chi connectivity index (χ0) is 22.4. The van der Waals surface area contributed by atoms with E-state index in [0.29, 0.717) is 27.5 Å². The zero-order valence-corrected chi connectivity index (χ0v) is 20.0. The zero-order valence-electron chi connectivity index (χ0n) is 16.1. The van der Waals surface area contributed by atoms with Crippen LogP contribution >= 0.6 is 43.5 Å². The predicted molar refractivity (Wildman–Crippen MR) is 126 cm³/mol. The van der Waals surface area contributed by atoms with E-state index in [1.807, 2.05) is 0 Å². The molecule has 3 aromatic rings. The van der Waals surface area contributed by atoms with E-state index >= 15 is 0 Å². The van der Waals surface area contributed by atoms with Gasteiger partial charge >= 0.3 is 5.97 Å². The van der Waals surface area contributed by atoms with Gasteiger partial charge in [-0.2, -0.15) is 5.10 Å². The van der Waals surface area contributed by atoms with Crippen LogP contribution in [0.15, 0.2) is 74.7 Å². The van der Waals surface area contributed by atoms with E-state index in [9.17, 15) is 9.59 Å². The lowest BCUT2D eigenvalue weighted by atomic mass is 10.2. The minimum absolute atomic E-state index is 0.279. The van der Waals surface area contributed by atoms with E-state index in [0.717, 1.165) is 8.95 Å². The molecule has 0 bridgehead atoms. The molecule has 0 saturated carbocycles. The van der Waals surface area contributed by atoms with Crippen molar-refractivity contribution >= 4 is 61.6 Å². The van der Waals surface area contributed by atoms with Gasteiger partial charge in [0.05, 0.1) is 24.5 Å². The van der Waals surface area contributed by atoms with Gasteiger partial charge in [-0.15, -0.1) is 0 Å². The van der Waals surface area contributed by atoms with Gasteiger partial charge in [0.1, 0.15) is 11.5 Å². The molecular formula is C22H15Br2ClN2O4. The maximum atomic E-state index is 12.5. The molecule has 0 aliphatic carbocycles. The number of carbonyl (C=O) groups excluding carboxylic acids is 2. The van der Waals surface area contributed by atoms with Crippen molar-refractivity contribution in [3.05, 3.63) is 91.3 Å². The van der Waals surface area contributed by atoms with Crippen LogP contribution in [-0.2, 0) is 0 Å². The minimum Gasteiger partial charge on any atom is -0.496 e. The van der Waals surface area contributed by atoms with Crippen LogP contribution < -0.4 is 14.9 Å². The first kappa shape index (κ1) is 23.0. The highest BCUT2D eigenvalue weighted by Crippen LogP contribution is 2.24. The van der Waals surface area contributed by atoms with Crippen LogP contribution in [0.3, 0.4) is 0 Å². The molecule has 0 saturated heterocycles. The summed E-state index contributed by atoms with van der Waals surface area (Å²) >= 11 is 12.6. The Bertz CT molecular complexity index is 1150. The van der Waals surface area contributed by atoms with Gasteiger partial charge < -0.3 is 9.47 Å². The van der Waals surface area contributed by atoms with Crippen molar-refractivity contribution in [2.75, 3.05) is 7.11 Å². The lowest BCUT2D eigenvalue weighted by molar-refractivity contribution is 0.0734. The molecular weight excluding hydrogens is 552 g/mol. The number of hydrazone groups is 1. The predicted octanol–water partition coefficient (Wildman–Crippen LogP) is 5.86. The van der Waals surface area contributed by atoms with Gasteiger partial charge in [-0.25, -0.2) is 10.2 Å². The van der Waals surface area contributed by atoms with Crippen molar-refractivity contribution in [3.8, 4) is 11.5 Å². The first-order valence-electron chi connectivity index (χ1n) is 8.81. The van der Waals surface area contributed by atoms with Crippen LogP contribution in [0, 0.1) is 0 Å². The highest BCUT2D eigenvalue weighted by atomic mass is 79.9. The molecule has 31 heavy (non-hydrogen) atoms. The molecule has 1 amide bonds. The van der Waals surface area contributed by atoms with Gasteiger partial charge in [0, 0.05) is 19.5 Å². The summed E-state index contributed by atoms with van der Waals surface area (Å²) in [6.45, 7) is 0. The number of amides is 1. The molecule has 0 unspecified atom stereocenters. The number of hydrogen-bond acceptors (Lipinski definition) is 5. The highest BCUT2D eigenvalue weighted by molar-refractivity contribution is 9.10. The first-order valence-corrected chi connectivity index (χ1v) is 10.8. The maximum Gasteiger partial charge on any atom is 0.343 e. The van der Waals surface area contributed by atoms with Crippen LogP contribution in [0.1, 0.15) is 26.3 Å². The number of nitrogens with one attached hydrogen (secondary N) is 1. The smallest absolute Gasteiger partial charge is 0.343 e. The second-order valence-electron chi connectivity index (χ2n) is 6.12. The lowest BCUT2D eigenvalue weighted by Crippen LogP contribution is -2.18. The van der Waals surface area contributed by atoms with Gasteiger partial charge in [-0.1, -0.05) is 43.5 Å². The van der Waals surface area contributed by atoms with E-state index in [1.165, 1.54) is 13.3 Å². The van der Waals surface area contributed by atoms with Crippen LogP contribution in [0.4, 0.5) is 0 Å². The molecule has 158 valence electrons. The summed E-state index contributed by atoms with van der Waals surface area (Å²) in [5, 5.41) is 4.51. The minimum atomic E-state index is -0.545. The largest absolute Gasteiger partial charge is 0.496 e. The third kappa shape index (κ3) is 6.16. The van der Waals surface area contributed by atoms with E-state index in [2.05, 4.69) is 42.4 Å². The third-order valence-corrected chi connectivity index (χ3v) is 5.27. The molecule has 1 N–H and O–H groups in total. The number of carbonyl (C=O) groups is 2. The van der Waals surface area contributed by atoms with E-state index in [4.69, 9.17) is 21.1 Å². The Morgan fingerprint density at radius 1 is 0.968 bits per heavy atom. The standard InChI is InChI=1S/C22H15Br2ClN2O4/c1-30-20-9-5-16(24)11-18(20)21(28)27-26-12-14-10-15(23)4-8-19(14)31-22(29)13-2-6-17(25)7-3-13/h2-12H,1H3,(H,27,28)/b26-12-. The quantitative estimate of drug-likeness (QED) is 0.176. The van der Waals surface area contributed by atoms with E-state index in [-0.39, 0.29) is 5.75 Å². The summed E-state index contributed by atoms with van der Waals surface area (Å²) in [6, 6.07) is 16.5. The summed E-state index contributed by atoms with van der Waals surface area (Å²) < 4.78 is 12.2. The van der Waals surface area contributed by atoms with Gasteiger partial charge in [0.15, 0.2) is 0 Å². The Labute approximate surface area is 200 Å². The van der Waals surface area contributed by atoms with Gasteiger partial charge in [0.2, 0.25) is 0 Å². The number of hydrogen-bond donors (Lipinski definition) is 1. The normalized spacial score (nSPS) is 10.7. The average Bonchev–Trinajstić information content (AvgIpc) is 2.75. The SMILES string of the molecule is COc1ccc(Br)cc1C(=O)N/N=C\c1cc(Br)ccc1OC(=O)c1ccc(Cl)cc1. The van der Waals surface area contributed by atoms with Crippen molar-refractivity contribution in [1.82, 2.24) is 5.43 Å². The third-order valence-electron chi connectivity index (χ3n) is 4.03. The second kappa shape index (κ2) is 10.6. The Morgan fingerprint density at radius 2 is 1.61 bits per heavy atom. The Kier molecular flexibility index (Phi) is 7.84. The number of esters is 1. The van der Waals surface area contributed by atoms with Crippen molar-refractivity contribution in [2.24, 2.45) is 5.10 Å². The molecule has 0 heterocycles. The number of ether oxygens (including phenoxy) is 2. The molecule has 0 aromatic heterocycles. The fraction of sp³-hybridized carbons (Fsp3) is 0.0455. The molecule has 0 aliphatic heterocycles. The molecule has 0 atom stereocenters. The topological polar surface area (TPSA) is 77.0 Å².